The van der Waals surface area contributed by atoms with Crippen molar-refractivity contribution in [3.63, 3.8) is 0 Å². The van der Waals surface area contributed by atoms with Gasteiger partial charge < -0.3 is 19.7 Å². The monoisotopic (exact) mass is 418 g/mol. The van der Waals surface area contributed by atoms with Crippen molar-refractivity contribution in [1.82, 2.24) is 14.6 Å². The fraction of sp³-hybridized carbons (Fsp3) is 0.368. The molecule has 1 aliphatic rings. The van der Waals surface area contributed by atoms with Crippen LogP contribution in [0.5, 0.6) is 23.1 Å². The Bertz CT molecular complexity index is 1120. The van der Waals surface area contributed by atoms with Crippen molar-refractivity contribution in [2.75, 3.05) is 14.2 Å². The SMILES string of the molecule is CCC(=O)N1N=C(c2c(O)n(C)c(=O)[nH]c2=O)CC1c1cc(OC)c(O)c(OC)c1. The van der Waals surface area contributed by atoms with Gasteiger partial charge in [-0.2, -0.15) is 5.10 Å². The molecule has 0 saturated carbocycles. The summed E-state index contributed by atoms with van der Waals surface area (Å²) in [6.07, 6.45) is 0.229. The van der Waals surface area contributed by atoms with Gasteiger partial charge in [0.1, 0.15) is 5.56 Å². The van der Waals surface area contributed by atoms with E-state index in [2.05, 4.69) is 10.1 Å². The first-order chi connectivity index (χ1) is 14.2. The maximum absolute atomic E-state index is 12.5. The number of amides is 1. The summed E-state index contributed by atoms with van der Waals surface area (Å²) in [4.78, 5) is 38.7. The lowest BCUT2D eigenvalue weighted by Gasteiger charge is -2.23. The van der Waals surface area contributed by atoms with Crippen LogP contribution in [-0.2, 0) is 11.8 Å². The van der Waals surface area contributed by atoms with E-state index in [1.807, 2.05) is 0 Å². The van der Waals surface area contributed by atoms with Gasteiger partial charge >= 0.3 is 5.69 Å². The lowest BCUT2D eigenvalue weighted by Crippen LogP contribution is -2.32. The Labute approximate surface area is 170 Å². The second kappa shape index (κ2) is 7.93. The number of ether oxygens (including phenoxy) is 2. The number of hydrogen-bond acceptors (Lipinski definition) is 8. The van der Waals surface area contributed by atoms with Crippen molar-refractivity contribution in [2.24, 2.45) is 12.1 Å². The van der Waals surface area contributed by atoms with E-state index in [4.69, 9.17) is 9.47 Å². The highest BCUT2D eigenvalue weighted by Gasteiger charge is 2.36. The van der Waals surface area contributed by atoms with Crippen molar-refractivity contribution >= 4 is 11.6 Å². The van der Waals surface area contributed by atoms with Crippen LogP contribution < -0.4 is 20.7 Å². The molecule has 1 amide bonds. The molecular weight excluding hydrogens is 396 g/mol. The van der Waals surface area contributed by atoms with E-state index in [9.17, 15) is 24.6 Å². The molecule has 11 heteroatoms. The van der Waals surface area contributed by atoms with E-state index in [0.717, 1.165) is 4.57 Å². The minimum absolute atomic E-state index is 0.0810. The van der Waals surface area contributed by atoms with Gasteiger partial charge in [0, 0.05) is 19.9 Å². The van der Waals surface area contributed by atoms with E-state index < -0.39 is 23.2 Å². The summed E-state index contributed by atoms with van der Waals surface area (Å²) in [6, 6.07) is 2.44. The van der Waals surface area contributed by atoms with Crippen molar-refractivity contribution in [3.8, 4) is 23.1 Å². The topological polar surface area (TPSA) is 146 Å². The molecule has 3 N–H and O–H groups in total. The van der Waals surface area contributed by atoms with Crippen molar-refractivity contribution < 1.29 is 24.5 Å². The maximum atomic E-state index is 12.5. The van der Waals surface area contributed by atoms with Gasteiger partial charge in [-0.3, -0.25) is 19.1 Å². The number of carbonyl (C=O) groups is 1. The summed E-state index contributed by atoms with van der Waals surface area (Å²) in [5.74, 6) is -0.771. The predicted molar refractivity (Wildman–Crippen MR) is 106 cm³/mol. The first kappa shape index (κ1) is 21.0. The Balaban J connectivity index is 2.14. The van der Waals surface area contributed by atoms with Gasteiger partial charge in [-0.1, -0.05) is 6.92 Å². The van der Waals surface area contributed by atoms with E-state index in [-0.39, 0.29) is 47.3 Å². The summed E-state index contributed by atoms with van der Waals surface area (Å²) in [5, 5.41) is 26.0. The number of nitrogens with one attached hydrogen (secondary N) is 1. The first-order valence-electron chi connectivity index (χ1n) is 9.10. The second-order valence-electron chi connectivity index (χ2n) is 6.65. The Morgan fingerprint density at radius 2 is 1.83 bits per heavy atom. The first-order valence-corrected chi connectivity index (χ1v) is 9.10. The summed E-state index contributed by atoms with van der Waals surface area (Å²) in [6.45, 7) is 1.67. The summed E-state index contributed by atoms with van der Waals surface area (Å²) >= 11 is 0. The van der Waals surface area contributed by atoms with Crippen LogP contribution in [-0.4, -0.2) is 50.6 Å². The molecule has 0 radical (unpaired) electrons. The number of aromatic nitrogens is 2. The molecule has 1 aliphatic heterocycles. The molecular formula is C19H22N4O7. The van der Waals surface area contributed by atoms with Gasteiger partial charge in [-0.25, -0.2) is 9.80 Å². The van der Waals surface area contributed by atoms with Crippen LogP contribution in [0.15, 0.2) is 26.8 Å². The molecule has 0 aliphatic carbocycles. The number of rotatable bonds is 5. The Kier molecular flexibility index (Phi) is 5.54. The van der Waals surface area contributed by atoms with Gasteiger partial charge in [-0.15, -0.1) is 0 Å². The molecule has 1 atom stereocenters. The van der Waals surface area contributed by atoms with E-state index >= 15 is 0 Å². The van der Waals surface area contributed by atoms with Crippen LogP contribution in [0, 0.1) is 0 Å². The molecule has 1 aromatic heterocycles. The number of H-pyrrole nitrogens is 1. The van der Waals surface area contributed by atoms with E-state index in [0.29, 0.717) is 5.56 Å². The maximum Gasteiger partial charge on any atom is 0.330 e. The zero-order chi connectivity index (χ0) is 22.2. The van der Waals surface area contributed by atoms with Crippen LogP contribution in [0.4, 0.5) is 0 Å². The second-order valence-corrected chi connectivity index (χ2v) is 6.65. The number of methoxy groups -OCH3 is 2. The number of carbonyl (C=O) groups excluding carboxylic acids is 1. The molecule has 1 unspecified atom stereocenters. The largest absolute Gasteiger partial charge is 0.502 e. The third kappa shape index (κ3) is 3.38. The Hall–Kier alpha value is -3.76. The van der Waals surface area contributed by atoms with Gasteiger partial charge in [0.15, 0.2) is 11.5 Å². The number of hydrogen-bond donors (Lipinski definition) is 3. The van der Waals surface area contributed by atoms with Gasteiger partial charge in [0.2, 0.25) is 17.5 Å². The molecule has 11 nitrogen and oxygen atoms in total. The number of aromatic hydroxyl groups is 2. The predicted octanol–water partition coefficient (Wildman–Crippen LogP) is 0.590. The Morgan fingerprint density at radius 1 is 1.23 bits per heavy atom. The van der Waals surface area contributed by atoms with Gasteiger partial charge in [0.25, 0.3) is 5.56 Å². The molecule has 1 aromatic carbocycles. The Morgan fingerprint density at radius 3 is 2.37 bits per heavy atom. The fourth-order valence-corrected chi connectivity index (χ4v) is 3.29. The fourth-order valence-electron chi connectivity index (χ4n) is 3.29. The highest BCUT2D eigenvalue weighted by molar-refractivity contribution is 6.04. The summed E-state index contributed by atoms with van der Waals surface area (Å²) in [7, 11) is 4.06. The van der Waals surface area contributed by atoms with Crippen molar-refractivity contribution in [3.05, 3.63) is 44.1 Å². The number of aromatic amines is 1. The average molecular weight is 418 g/mol. The molecule has 2 heterocycles. The molecule has 160 valence electrons. The number of phenolic OH excluding ortho intramolecular Hbond substituents is 1. The average Bonchev–Trinajstić information content (AvgIpc) is 3.16. The van der Waals surface area contributed by atoms with Crippen LogP contribution >= 0.6 is 0 Å². The third-order valence-corrected chi connectivity index (χ3v) is 4.94. The van der Waals surface area contributed by atoms with Crippen molar-refractivity contribution in [2.45, 2.75) is 25.8 Å². The lowest BCUT2D eigenvalue weighted by atomic mass is 9.98. The number of phenols is 1. The minimum atomic E-state index is -0.806. The van der Waals surface area contributed by atoms with Gasteiger partial charge in [-0.05, 0) is 17.7 Å². The molecule has 2 aromatic rings. The van der Waals surface area contributed by atoms with Crippen LogP contribution in [0.2, 0.25) is 0 Å². The van der Waals surface area contributed by atoms with Gasteiger partial charge in [0.05, 0.1) is 26.0 Å². The standard InChI is InChI=1S/C19H22N4O7/c1-5-14(24)23-11(9-6-12(29-3)16(25)13(7-9)30-4)8-10(21-23)15-17(26)20-19(28)22(2)18(15)27/h6-7,11,25,27H,5,8H2,1-4H3,(H,20,26,28). The van der Waals surface area contributed by atoms with E-state index in [1.165, 1.54) is 26.3 Å². The quantitative estimate of drug-likeness (QED) is 0.644. The van der Waals surface area contributed by atoms with Crippen molar-refractivity contribution in [1.29, 1.82) is 0 Å². The molecule has 0 saturated heterocycles. The highest BCUT2D eigenvalue weighted by atomic mass is 16.5. The summed E-state index contributed by atoms with van der Waals surface area (Å²) in [5.41, 5.74) is -1.08. The zero-order valence-electron chi connectivity index (χ0n) is 16.9. The molecule has 30 heavy (non-hydrogen) atoms. The smallest absolute Gasteiger partial charge is 0.330 e. The third-order valence-electron chi connectivity index (χ3n) is 4.94. The summed E-state index contributed by atoms with van der Waals surface area (Å²) < 4.78 is 11.2. The normalized spacial score (nSPS) is 15.8. The lowest BCUT2D eigenvalue weighted by molar-refractivity contribution is -0.132. The van der Waals surface area contributed by atoms with E-state index in [1.54, 1.807) is 19.1 Å². The number of benzene rings is 1. The number of nitrogens with zero attached hydrogens (tertiary/aromatic N) is 3. The van der Waals surface area contributed by atoms with Crippen LogP contribution in [0.1, 0.15) is 36.9 Å². The molecule has 3 rings (SSSR count). The molecule has 0 fully saturated rings. The highest BCUT2D eigenvalue weighted by Crippen LogP contribution is 2.42. The minimum Gasteiger partial charge on any atom is -0.502 e. The molecule has 0 spiro atoms. The number of hydrazone groups is 1. The zero-order valence-corrected chi connectivity index (χ0v) is 16.9. The van der Waals surface area contributed by atoms with Crippen LogP contribution in [0.3, 0.4) is 0 Å². The van der Waals surface area contributed by atoms with Crippen LogP contribution in [0.25, 0.3) is 0 Å². The molecule has 0 bridgehead atoms.